The predicted molar refractivity (Wildman–Crippen MR) is 122 cm³/mol. The Balaban J connectivity index is 0.00000324. The Morgan fingerprint density at radius 3 is 2.53 bits per heavy atom. The molecule has 2 aromatic heterocycles. The summed E-state index contributed by atoms with van der Waals surface area (Å²) >= 11 is 0. The van der Waals surface area contributed by atoms with Gasteiger partial charge in [0.25, 0.3) is 5.91 Å². The topological polar surface area (TPSA) is 94.1 Å². The second-order valence-electron chi connectivity index (χ2n) is 7.77. The summed E-state index contributed by atoms with van der Waals surface area (Å²) in [5.41, 5.74) is 4.89. The van der Waals surface area contributed by atoms with E-state index in [1.54, 1.807) is 6.92 Å². The van der Waals surface area contributed by atoms with Crippen molar-refractivity contribution in [2.24, 2.45) is 0 Å². The fourth-order valence-electron chi connectivity index (χ4n) is 3.85. The molecule has 0 aliphatic carbocycles. The van der Waals surface area contributed by atoms with Crippen LogP contribution in [0.2, 0.25) is 0 Å². The summed E-state index contributed by atoms with van der Waals surface area (Å²) in [6, 6.07) is 5.64. The predicted octanol–water partition coefficient (Wildman–Crippen LogP) is 4.11. The monoisotopic (exact) mass is 495 g/mol. The minimum Gasteiger partial charge on any atom is -0.384 e. The third-order valence-electron chi connectivity index (χ3n) is 5.49. The molecule has 2 N–H and O–H groups in total. The van der Waals surface area contributed by atoms with Gasteiger partial charge in [-0.1, -0.05) is 0 Å². The van der Waals surface area contributed by atoms with E-state index < -0.39 is 29.9 Å². The minimum atomic E-state index is -4.71. The van der Waals surface area contributed by atoms with E-state index in [-0.39, 0.29) is 55.5 Å². The number of fused-ring (bicyclic) bond motifs is 1. The molecule has 1 atom stereocenters. The smallest absolute Gasteiger partial charge is 0.384 e. The highest BCUT2D eigenvalue weighted by Crippen LogP contribution is 2.36. The number of carbonyl (C=O) groups is 2. The molecule has 12 heteroatoms. The zero-order chi connectivity index (χ0) is 23.9. The Morgan fingerprint density at radius 2 is 1.91 bits per heavy atom. The van der Waals surface area contributed by atoms with Crippen LogP contribution in [0.4, 0.5) is 29.1 Å². The number of hydrogen-bond donors (Lipinski definition) is 1. The van der Waals surface area contributed by atoms with Gasteiger partial charge in [0.1, 0.15) is 18.2 Å². The van der Waals surface area contributed by atoms with Gasteiger partial charge in [-0.15, -0.1) is 0 Å². The number of ketones is 1. The van der Waals surface area contributed by atoms with E-state index in [0.717, 1.165) is 18.2 Å². The average Bonchev–Trinajstić information content (AvgIpc) is 3.20. The number of nitrogens with zero attached hydrogens (tertiary/aromatic N) is 4. The van der Waals surface area contributed by atoms with E-state index in [2.05, 4.69) is 10.1 Å². The lowest BCUT2D eigenvalue weighted by Gasteiger charge is -2.33. The molecule has 0 saturated heterocycles. The minimum absolute atomic E-state index is 0. The van der Waals surface area contributed by atoms with Crippen LogP contribution in [-0.4, -0.2) is 33.0 Å². The molecule has 3 aromatic rings. The zero-order valence-electron chi connectivity index (χ0n) is 17.9. The highest BCUT2D eigenvalue weighted by Gasteiger charge is 2.36. The molecule has 1 aromatic carbocycles. The van der Waals surface area contributed by atoms with Gasteiger partial charge in [-0.05, 0) is 42.8 Å². The molecule has 7 nitrogen and oxygen atoms in total. The molecular weight excluding hydrogens is 474 g/mol. The molecule has 1 amide bonds. The van der Waals surface area contributed by atoms with E-state index in [9.17, 15) is 27.2 Å². The number of alkyl halides is 4. The van der Waals surface area contributed by atoms with Crippen LogP contribution in [0.3, 0.4) is 0 Å². The van der Waals surface area contributed by atoms with Crippen LogP contribution in [0.25, 0.3) is 0 Å². The van der Waals surface area contributed by atoms with Gasteiger partial charge in [-0.2, -0.15) is 31.8 Å². The Kier molecular flexibility index (Phi) is 7.01. The standard InChI is InChI=1S/C22H19F4N5O2.H2S/c1-12-11-30(16-3-4-17(22(24,25)26)14(6-16)8-23)21(33)20-15(10-29-31(12)20)7-18(32)13-2-5-19(27)28-9-13;/h2-6,9-10,12H,7-8,11H2,1H3,(H2,27,28);1H2/t12-;/m0./s1. The van der Waals surface area contributed by atoms with E-state index in [0.29, 0.717) is 11.1 Å². The Hall–Kier alpha value is -3.41. The first-order valence-corrected chi connectivity index (χ1v) is 9.99. The molecule has 0 spiro atoms. The lowest BCUT2D eigenvalue weighted by atomic mass is 10.0. The second-order valence-corrected chi connectivity index (χ2v) is 7.77. The summed E-state index contributed by atoms with van der Waals surface area (Å²) in [6.45, 7) is 0.582. The second kappa shape index (κ2) is 9.45. The van der Waals surface area contributed by atoms with Crippen LogP contribution in [0, 0.1) is 0 Å². The van der Waals surface area contributed by atoms with Gasteiger partial charge in [0.2, 0.25) is 0 Å². The Morgan fingerprint density at radius 1 is 1.18 bits per heavy atom. The summed E-state index contributed by atoms with van der Waals surface area (Å²) in [4.78, 5) is 31.1. The Labute approximate surface area is 199 Å². The van der Waals surface area contributed by atoms with Crippen molar-refractivity contribution >= 4 is 36.7 Å². The number of halogens is 4. The number of Topliss-reactive ketones (excluding diaryl/α,β-unsaturated/α-hetero) is 1. The van der Waals surface area contributed by atoms with E-state index in [1.807, 2.05) is 0 Å². The molecule has 3 heterocycles. The average molecular weight is 496 g/mol. The maximum atomic E-state index is 13.4. The van der Waals surface area contributed by atoms with Crippen molar-refractivity contribution in [2.45, 2.75) is 32.2 Å². The number of nitrogens with two attached hydrogens (primary N) is 1. The van der Waals surface area contributed by atoms with Crippen molar-refractivity contribution in [3.05, 3.63) is 70.7 Å². The van der Waals surface area contributed by atoms with Gasteiger partial charge in [0.05, 0.1) is 17.8 Å². The van der Waals surface area contributed by atoms with Crippen LogP contribution in [0.15, 0.2) is 42.7 Å². The molecular formula is C22H21F4N5O2S. The molecule has 1 aliphatic rings. The van der Waals surface area contributed by atoms with Crippen molar-refractivity contribution in [3.8, 4) is 0 Å². The summed E-state index contributed by atoms with van der Waals surface area (Å²) < 4.78 is 54.3. The van der Waals surface area contributed by atoms with Gasteiger partial charge < -0.3 is 10.6 Å². The van der Waals surface area contributed by atoms with Crippen LogP contribution in [-0.2, 0) is 19.3 Å². The highest BCUT2D eigenvalue weighted by atomic mass is 32.1. The van der Waals surface area contributed by atoms with Crippen molar-refractivity contribution in [1.29, 1.82) is 0 Å². The first kappa shape index (κ1) is 25.2. The van der Waals surface area contributed by atoms with Crippen LogP contribution >= 0.6 is 13.5 Å². The van der Waals surface area contributed by atoms with Gasteiger partial charge in [0, 0.05) is 36.0 Å². The Bertz CT molecular complexity index is 1230. The molecule has 180 valence electrons. The largest absolute Gasteiger partial charge is 0.416 e. The number of aromatic nitrogens is 3. The third-order valence-corrected chi connectivity index (χ3v) is 5.49. The first-order valence-electron chi connectivity index (χ1n) is 9.99. The van der Waals surface area contributed by atoms with Crippen molar-refractivity contribution in [3.63, 3.8) is 0 Å². The van der Waals surface area contributed by atoms with E-state index in [4.69, 9.17) is 5.73 Å². The number of carbonyl (C=O) groups excluding carboxylic acids is 2. The maximum Gasteiger partial charge on any atom is 0.416 e. The molecule has 4 rings (SSSR count). The van der Waals surface area contributed by atoms with Crippen molar-refractivity contribution < 1.29 is 27.2 Å². The normalized spacial score (nSPS) is 15.6. The van der Waals surface area contributed by atoms with Crippen LogP contribution in [0.1, 0.15) is 50.5 Å². The fraction of sp³-hybridized carbons (Fsp3) is 0.273. The van der Waals surface area contributed by atoms with E-state index >= 15 is 0 Å². The number of nitrogen functional groups attached to an aromatic ring is 1. The van der Waals surface area contributed by atoms with Crippen LogP contribution in [0.5, 0.6) is 0 Å². The maximum absolute atomic E-state index is 13.4. The molecule has 0 unspecified atom stereocenters. The van der Waals surface area contributed by atoms with Gasteiger partial charge >= 0.3 is 6.18 Å². The SMILES string of the molecule is C[C@H]1CN(c2ccc(C(F)(F)F)c(CF)c2)C(=O)c2c(CC(=O)c3ccc(N)nc3)cnn21.S. The number of benzene rings is 1. The zero-order valence-corrected chi connectivity index (χ0v) is 18.9. The number of pyridine rings is 1. The summed E-state index contributed by atoms with van der Waals surface area (Å²) in [6.07, 6.45) is -2.07. The van der Waals surface area contributed by atoms with Gasteiger partial charge in [-0.25, -0.2) is 9.37 Å². The lowest BCUT2D eigenvalue weighted by molar-refractivity contribution is -0.138. The highest BCUT2D eigenvalue weighted by molar-refractivity contribution is 7.59. The summed E-state index contributed by atoms with van der Waals surface area (Å²) in [7, 11) is 0. The van der Waals surface area contributed by atoms with Gasteiger partial charge in [0.15, 0.2) is 5.78 Å². The number of anilines is 2. The summed E-state index contributed by atoms with van der Waals surface area (Å²) in [5.74, 6) is -0.572. The van der Waals surface area contributed by atoms with Crippen molar-refractivity contribution in [2.75, 3.05) is 17.2 Å². The van der Waals surface area contributed by atoms with Crippen molar-refractivity contribution in [1.82, 2.24) is 14.8 Å². The number of rotatable bonds is 5. The molecule has 34 heavy (non-hydrogen) atoms. The van der Waals surface area contributed by atoms with Gasteiger partial charge in [-0.3, -0.25) is 14.3 Å². The quantitative estimate of drug-likeness (QED) is 0.425. The van der Waals surface area contributed by atoms with E-state index in [1.165, 1.54) is 34.1 Å². The van der Waals surface area contributed by atoms with Crippen LogP contribution < -0.4 is 10.6 Å². The first-order chi connectivity index (χ1) is 15.6. The number of amides is 1. The molecule has 0 bridgehead atoms. The molecule has 0 saturated carbocycles. The molecule has 0 fully saturated rings. The molecule has 1 aliphatic heterocycles. The summed E-state index contributed by atoms with van der Waals surface area (Å²) in [5, 5.41) is 4.23. The fourth-order valence-corrected chi connectivity index (χ4v) is 3.85. The third kappa shape index (κ3) is 4.63. The molecule has 0 radical (unpaired) electrons. The lowest BCUT2D eigenvalue weighted by Crippen LogP contribution is -2.43. The number of hydrogen-bond acceptors (Lipinski definition) is 5.